The van der Waals surface area contributed by atoms with Crippen LogP contribution in [0.5, 0.6) is 0 Å². The van der Waals surface area contributed by atoms with Gasteiger partial charge in [-0.05, 0) is 38.8 Å². The number of aromatic nitrogens is 4. The summed E-state index contributed by atoms with van der Waals surface area (Å²) in [4.78, 5) is 18.8. The Kier molecular flexibility index (Phi) is 6.11. The first kappa shape index (κ1) is 24.5. The molecule has 3 aliphatic heterocycles. The third-order valence-corrected chi connectivity index (χ3v) is 8.44. The normalized spacial score (nSPS) is 19.8. The molecule has 198 valence electrons. The lowest BCUT2D eigenvalue weighted by molar-refractivity contribution is -0.129. The van der Waals surface area contributed by atoms with Crippen LogP contribution in [0.25, 0.3) is 11.1 Å². The van der Waals surface area contributed by atoms with E-state index < -0.39 is 0 Å². The predicted octanol–water partition coefficient (Wildman–Crippen LogP) is 3.69. The van der Waals surface area contributed by atoms with E-state index in [9.17, 15) is 10.1 Å². The minimum atomic E-state index is 0.0828. The van der Waals surface area contributed by atoms with E-state index in [2.05, 4.69) is 50.8 Å². The number of likely N-dealkylation sites (N-methyl/N-ethyl adjacent to an activating group) is 1. The Labute approximate surface area is 222 Å². The van der Waals surface area contributed by atoms with Gasteiger partial charge in [0.15, 0.2) is 5.82 Å². The maximum absolute atomic E-state index is 12.4. The van der Waals surface area contributed by atoms with Gasteiger partial charge in [-0.3, -0.25) is 14.6 Å². The molecular weight excluding hydrogens is 480 g/mol. The maximum atomic E-state index is 12.4. The molecule has 0 radical (unpaired) electrons. The molecule has 0 unspecified atom stereocenters. The summed E-state index contributed by atoms with van der Waals surface area (Å²) in [6.45, 7) is 9.29. The van der Waals surface area contributed by atoms with E-state index in [1.54, 1.807) is 13.1 Å². The monoisotopic (exact) mass is 514 g/mol. The summed E-state index contributed by atoms with van der Waals surface area (Å²) in [5.74, 6) is 0.981. The summed E-state index contributed by atoms with van der Waals surface area (Å²) in [5.41, 5.74) is 7.69. The highest BCUT2D eigenvalue weighted by atomic mass is 16.5. The summed E-state index contributed by atoms with van der Waals surface area (Å²) in [7, 11) is 2.10. The van der Waals surface area contributed by atoms with Gasteiger partial charge in [-0.25, -0.2) is 0 Å². The Morgan fingerprint density at radius 2 is 2.00 bits per heavy atom. The van der Waals surface area contributed by atoms with Gasteiger partial charge in [-0.15, -0.1) is 0 Å². The molecule has 0 saturated carbocycles. The number of carbonyl (C=O) groups is 1. The fourth-order valence-corrected chi connectivity index (χ4v) is 6.08. The highest BCUT2D eigenvalue weighted by molar-refractivity contribution is 5.88. The summed E-state index contributed by atoms with van der Waals surface area (Å²) >= 11 is 0. The SMILES string of the molecule is CC(=O)N1CCc2c(c(N3C[C@@H](C)N(C)c4cc(-c5cn[nH]c5C)c(C#N)cc43)nn2C2CCOCC2)C1. The Morgan fingerprint density at radius 1 is 1.21 bits per heavy atom. The van der Waals surface area contributed by atoms with Crippen LogP contribution in [0.3, 0.4) is 0 Å². The number of fused-ring (bicyclic) bond motifs is 2. The van der Waals surface area contributed by atoms with Crippen molar-refractivity contribution in [1.29, 1.82) is 5.26 Å². The van der Waals surface area contributed by atoms with E-state index in [0.29, 0.717) is 24.7 Å². The maximum Gasteiger partial charge on any atom is 0.219 e. The van der Waals surface area contributed by atoms with E-state index in [-0.39, 0.29) is 11.9 Å². The molecule has 3 aliphatic rings. The van der Waals surface area contributed by atoms with E-state index in [1.807, 2.05) is 17.9 Å². The number of hydrogen-bond acceptors (Lipinski definition) is 7. The number of nitrogens with zero attached hydrogens (tertiary/aromatic N) is 7. The Morgan fingerprint density at radius 3 is 2.68 bits per heavy atom. The first-order valence-electron chi connectivity index (χ1n) is 13.4. The van der Waals surface area contributed by atoms with Crippen molar-refractivity contribution >= 4 is 23.1 Å². The lowest BCUT2D eigenvalue weighted by Crippen LogP contribution is -2.44. The van der Waals surface area contributed by atoms with Crippen molar-refractivity contribution in [2.75, 3.05) is 43.2 Å². The van der Waals surface area contributed by atoms with Crippen LogP contribution in [-0.2, 0) is 22.5 Å². The molecule has 0 aliphatic carbocycles. The first-order chi connectivity index (χ1) is 18.4. The molecule has 2 aromatic heterocycles. The first-order valence-corrected chi connectivity index (χ1v) is 13.4. The number of H-pyrrole nitrogens is 1. The topological polar surface area (TPSA) is 106 Å². The number of hydrogen-bond donors (Lipinski definition) is 1. The van der Waals surface area contributed by atoms with Crippen LogP contribution >= 0.6 is 0 Å². The highest BCUT2D eigenvalue weighted by Gasteiger charge is 2.36. The van der Waals surface area contributed by atoms with Gasteiger partial charge in [0.05, 0.1) is 41.8 Å². The highest BCUT2D eigenvalue weighted by Crippen LogP contribution is 2.45. The van der Waals surface area contributed by atoms with Crippen LogP contribution in [0.2, 0.25) is 0 Å². The summed E-state index contributed by atoms with van der Waals surface area (Å²) in [5, 5.41) is 22.6. The number of benzene rings is 1. The minimum Gasteiger partial charge on any atom is -0.381 e. The van der Waals surface area contributed by atoms with Gasteiger partial charge in [-0.1, -0.05) is 0 Å². The third-order valence-electron chi connectivity index (χ3n) is 8.44. The molecule has 0 spiro atoms. The van der Waals surface area contributed by atoms with Gasteiger partial charge in [0.25, 0.3) is 0 Å². The molecule has 1 amide bonds. The summed E-state index contributed by atoms with van der Waals surface area (Å²) in [6, 6.07) is 7.03. The van der Waals surface area contributed by atoms with E-state index in [4.69, 9.17) is 9.84 Å². The van der Waals surface area contributed by atoms with Crippen LogP contribution < -0.4 is 9.80 Å². The van der Waals surface area contributed by atoms with Crippen LogP contribution in [0.1, 0.15) is 55.2 Å². The van der Waals surface area contributed by atoms with E-state index in [1.165, 1.54) is 5.69 Å². The second kappa shape index (κ2) is 9.48. The lowest BCUT2D eigenvalue weighted by atomic mass is 9.96. The number of nitriles is 1. The molecule has 38 heavy (non-hydrogen) atoms. The minimum absolute atomic E-state index is 0.0828. The zero-order valence-electron chi connectivity index (χ0n) is 22.5. The number of rotatable bonds is 3. The average molecular weight is 515 g/mol. The van der Waals surface area contributed by atoms with Gasteiger partial charge >= 0.3 is 0 Å². The van der Waals surface area contributed by atoms with Gasteiger partial charge in [0.2, 0.25) is 5.91 Å². The molecule has 1 saturated heterocycles. The zero-order valence-corrected chi connectivity index (χ0v) is 22.5. The van der Waals surface area contributed by atoms with Crippen molar-refractivity contribution in [2.24, 2.45) is 0 Å². The fraction of sp³-hybridized carbons (Fsp3) is 0.500. The van der Waals surface area contributed by atoms with Gasteiger partial charge < -0.3 is 19.4 Å². The van der Waals surface area contributed by atoms with Crippen molar-refractivity contribution < 1.29 is 9.53 Å². The van der Waals surface area contributed by atoms with Crippen LogP contribution in [0, 0.1) is 18.3 Å². The van der Waals surface area contributed by atoms with Crippen LogP contribution in [-0.4, -0.2) is 70.2 Å². The largest absolute Gasteiger partial charge is 0.381 e. The number of carbonyl (C=O) groups excluding carboxylic acids is 1. The molecule has 0 bridgehead atoms. The van der Waals surface area contributed by atoms with E-state index in [0.717, 1.165) is 78.6 Å². The third kappa shape index (κ3) is 3.93. The number of ether oxygens (including phenoxy) is 1. The van der Waals surface area contributed by atoms with Crippen molar-refractivity contribution in [2.45, 2.75) is 58.7 Å². The molecular formula is C28H34N8O2. The molecule has 1 aromatic carbocycles. The number of aromatic amines is 1. The number of amides is 1. The Hall–Kier alpha value is -3.84. The zero-order chi connectivity index (χ0) is 26.6. The smallest absolute Gasteiger partial charge is 0.219 e. The molecule has 1 fully saturated rings. The second-order valence-electron chi connectivity index (χ2n) is 10.7. The summed E-state index contributed by atoms with van der Waals surface area (Å²) in [6.07, 6.45) is 4.44. The quantitative estimate of drug-likeness (QED) is 0.568. The predicted molar refractivity (Wildman–Crippen MR) is 144 cm³/mol. The number of anilines is 3. The van der Waals surface area contributed by atoms with Crippen molar-refractivity contribution in [3.05, 3.63) is 40.8 Å². The van der Waals surface area contributed by atoms with Crippen LogP contribution in [0.15, 0.2) is 18.3 Å². The van der Waals surface area contributed by atoms with Crippen molar-refractivity contribution in [1.82, 2.24) is 24.9 Å². The Balaban J connectivity index is 1.51. The van der Waals surface area contributed by atoms with Gasteiger partial charge in [-0.2, -0.15) is 15.5 Å². The molecule has 3 aromatic rings. The fourth-order valence-electron chi connectivity index (χ4n) is 6.08. The average Bonchev–Trinajstić information content (AvgIpc) is 3.53. The lowest BCUT2D eigenvalue weighted by Gasteiger charge is -2.41. The van der Waals surface area contributed by atoms with Crippen LogP contribution in [0.4, 0.5) is 17.2 Å². The number of nitrogens with one attached hydrogen (secondary N) is 1. The standard InChI is InChI=1S/C28H34N8O2/c1-17-15-35(27-11-20(13-29)22(12-26(27)33(17)4)23-14-30-31-18(23)2)28-24-16-34(19(3)37)8-5-25(24)36(32-28)21-6-9-38-10-7-21/h11-12,14,17,21H,5-10,15-16H2,1-4H3,(H,30,31)/t17-/m1/s1. The van der Waals surface area contributed by atoms with Gasteiger partial charge in [0, 0.05) is 80.8 Å². The molecule has 6 rings (SSSR count). The second-order valence-corrected chi connectivity index (χ2v) is 10.7. The molecule has 10 heteroatoms. The molecule has 5 heterocycles. The molecule has 1 atom stereocenters. The van der Waals surface area contributed by atoms with E-state index >= 15 is 0 Å². The number of aryl methyl sites for hydroxylation is 1. The van der Waals surface area contributed by atoms with Gasteiger partial charge in [0.1, 0.15) is 0 Å². The molecule has 10 nitrogen and oxygen atoms in total. The summed E-state index contributed by atoms with van der Waals surface area (Å²) < 4.78 is 7.86. The Bertz CT molecular complexity index is 1430. The molecule has 1 N–H and O–H groups in total. The van der Waals surface area contributed by atoms with Crippen molar-refractivity contribution in [3.8, 4) is 17.2 Å². The van der Waals surface area contributed by atoms with Crippen molar-refractivity contribution in [3.63, 3.8) is 0 Å².